The molecule has 2 aromatic rings. The summed E-state index contributed by atoms with van der Waals surface area (Å²) in [5.74, 6) is -1.83. The molecule has 0 aliphatic carbocycles. The van der Waals surface area contributed by atoms with Gasteiger partial charge in [0.05, 0.1) is 10.5 Å². The summed E-state index contributed by atoms with van der Waals surface area (Å²) in [6.07, 6.45) is 0. The van der Waals surface area contributed by atoms with Gasteiger partial charge >= 0.3 is 12.6 Å². The van der Waals surface area contributed by atoms with E-state index in [1.54, 1.807) is 13.8 Å². The number of esters is 1. The van der Waals surface area contributed by atoms with Gasteiger partial charge in [0.2, 0.25) is 10.0 Å². The monoisotopic (exact) mass is 456 g/mol. The Morgan fingerprint density at radius 3 is 2.39 bits per heavy atom. The lowest BCUT2D eigenvalue weighted by Crippen LogP contribution is -2.30. The molecule has 31 heavy (non-hydrogen) atoms. The zero-order valence-electron chi connectivity index (χ0n) is 16.9. The number of halogens is 2. The predicted molar refractivity (Wildman–Crippen MR) is 109 cm³/mol. The van der Waals surface area contributed by atoms with Crippen LogP contribution in [0.25, 0.3) is 0 Å². The number of carbonyl (C=O) groups is 2. The van der Waals surface area contributed by atoms with Gasteiger partial charge in [0.25, 0.3) is 5.91 Å². The van der Waals surface area contributed by atoms with Gasteiger partial charge in [0.15, 0.2) is 6.61 Å². The van der Waals surface area contributed by atoms with Gasteiger partial charge in [-0.05, 0) is 36.4 Å². The molecule has 0 aromatic heterocycles. The van der Waals surface area contributed by atoms with Gasteiger partial charge < -0.3 is 14.8 Å². The number of rotatable bonds is 10. The molecule has 1 amide bonds. The first-order valence-corrected chi connectivity index (χ1v) is 10.7. The highest BCUT2D eigenvalue weighted by Gasteiger charge is 2.22. The molecule has 0 atom stereocenters. The van der Waals surface area contributed by atoms with E-state index in [9.17, 15) is 26.8 Å². The lowest BCUT2D eigenvalue weighted by molar-refractivity contribution is -0.119. The van der Waals surface area contributed by atoms with E-state index in [4.69, 9.17) is 4.74 Å². The second-order valence-corrected chi connectivity index (χ2v) is 8.09. The van der Waals surface area contributed by atoms with E-state index in [0.717, 1.165) is 6.07 Å². The molecule has 11 heteroatoms. The van der Waals surface area contributed by atoms with Gasteiger partial charge in [-0.25, -0.2) is 13.2 Å². The van der Waals surface area contributed by atoms with Crippen LogP contribution in [0.3, 0.4) is 0 Å². The first-order chi connectivity index (χ1) is 14.7. The molecule has 8 nitrogen and oxygen atoms in total. The third-order valence-corrected chi connectivity index (χ3v) is 6.14. The summed E-state index contributed by atoms with van der Waals surface area (Å²) in [6.45, 7) is 0.334. The Morgan fingerprint density at radius 1 is 1.06 bits per heavy atom. The van der Waals surface area contributed by atoms with Crippen LogP contribution < -0.4 is 10.1 Å². The zero-order valence-corrected chi connectivity index (χ0v) is 17.7. The molecule has 2 aromatic carbocycles. The number of hydrogen-bond donors (Lipinski definition) is 1. The largest absolute Gasteiger partial charge is 0.452 e. The Bertz CT molecular complexity index is 1030. The van der Waals surface area contributed by atoms with Crippen molar-refractivity contribution in [2.45, 2.75) is 25.4 Å². The SMILES string of the molecule is CCN(CC)S(=O)(=O)c1cccc(NC(=O)COC(=O)c2cccc(OC(F)F)c2)c1. The number of benzene rings is 2. The van der Waals surface area contributed by atoms with E-state index in [1.165, 1.54) is 46.8 Å². The molecule has 0 heterocycles. The molecule has 0 spiro atoms. The molecule has 168 valence electrons. The van der Waals surface area contributed by atoms with Crippen molar-refractivity contribution in [1.29, 1.82) is 0 Å². The number of hydrogen-bond acceptors (Lipinski definition) is 6. The van der Waals surface area contributed by atoms with Gasteiger partial charge in [-0.3, -0.25) is 4.79 Å². The van der Waals surface area contributed by atoms with Crippen molar-refractivity contribution in [2.24, 2.45) is 0 Å². The van der Waals surface area contributed by atoms with E-state index in [1.807, 2.05) is 0 Å². The number of amides is 1. The maximum Gasteiger partial charge on any atom is 0.387 e. The Kier molecular flexibility index (Phi) is 8.46. The summed E-state index contributed by atoms with van der Waals surface area (Å²) in [7, 11) is -3.70. The summed E-state index contributed by atoms with van der Waals surface area (Å²) < 4.78 is 60.1. The van der Waals surface area contributed by atoms with Crippen LogP contribution in [0.1, 0.15) is 24.2 Å². The summed E-state index contributed by atoms with van der Waals surface area (Å²) in [5.41, 5.74) is 0.139. The Labute approximate surface area is 178 Å². The lowest BCUT2D eigenvalue weighted by atomic mass is 10.2. The van der Waals surface area contributed by atoms with Crippen LogP contribution in [0, 0.1) is 0 Å². The smallest absolute Gasteiger partial charge is 0.387 e. The molecule has 0 fully saturated rings. The van der Waals surface area contributed by atoms with Crippen LogP contribution in [0.4, 0.5) is 14.5 Å². The second kappa shape index (κ2) is 10.8. The minimum Gasteiger partial charge on any atom is -0.452 e. The normalized spacial score (nSPS) is 11.4. The Hall–Kier alpha value is -3.05. The maximum absolute atomic E-state index is 12.6. The molecule has 0 aliphatic heterocycles. The van der Waals surface area contributed by atoms with Crippen LogP contribution in [0.15, 0.2) is 53.4 Å². The minimum absolute atomic E-state index is 0.0156. The topological polar surface area (TPSA) is 102 Å². The molecule has 0 bridgehead atoms. The fraction of sp³-hybridized carbons (Fsp3) is 0.300. The van der Waals surface area contributed by atoms with E-state index >= 15 is 0 Å². The summed E-state index contributed by atoms with van der Waals surface area (Å²) >= 11 is 0. The highest BCUT2D eigenvalue weighted by atomic mass is 32.2. The number of sulfonamides is 1. The van der Waals surface area contributed by atoms with Gasteiger partial charge in [0.1, 0.15) is 5.75 Å². The van der Waals surface area contributed by atoms with Crippen LogP contribution in [-0.2, 0) is 19.6 Å². The minimum atomic E-state index is -3.70. The Morgan fingerprint density at radius 2 is 1.74 bits per heavy atom. The fourth-order valence-corrected chi connectivity index (χ4v) is 4.16. The van der Waals surface area contributed by atoms with Crippen LogP contribution >= 0.6 is 0 Å². The maximum atomic E-state index is 12.6. The van der Waals surface area contributed by atoms with Crippen molar-refractivity contribution in [1.82, 2.24) is 4.31 Å². The summed E-state index contributed by atoms with van der Waals surface area (Å²) in [5, 5.41) is 2.45. The van der Waals surface area contributed by atoms with Gasteiger partial charge in [0, 0.05) is 18.8 Å². The molecule has 1 N–H and O–H groups in total. The lowest BCUT2D eigenvalue weighted by Gasteiger charge is -2.18. The van der Waals surface area contributed by atoms with Crippen molar-refractivity contribution >= 4 is 27.6 Å². The van der Waals surface area contributed by atoms with Crippen molar-refractivity contribution in [3.05, 3.63) is 54.1 Å². The predicted octanol–water partition coefficient (Wildman–Crippen LogP) is 3.11. The van der Waals surface area contributed by atoms with Crippen LogP contribution in [0.2, 0.25) is 0 Å². The van der Waals surface area contributed by atoms with Crippen molar-refractivity contribution < 1.29 is 36.3 Å². The second-order valence-electron chi connectivity index (χ2n) is 6.15. The van der Waals surface area contributed by atoms with Crippen molar-refractivity contribution in [3.8, 4) is 5.75 Å². The summed E-state index contributed by atoms with van der Waals surface area (Å²) in [6, 6.07) is 10.6. The number of carbonyl (C=O) groups excluding carboxylic acids is 2. The quantitative estimate of drug-likeness (QED) is 0.551. The third-order valence-electron chi connectivity index (χ3n) is 4.09. The number of alkyl halides is 2. The molecule has 2 rings (SSSR count). The average Bonchev–Trinajstić information content (AvgIpc) is 2.72. The molecule has 0 radical (unpaired) electrons. The third kappa shape index (κ3) is 6.72. The standard InChI is InChI=1S/C20H22F2N2O6S/c1-3-24(4-2)31(27,28)17-10-6-8-15(12-17)23-18(25)13-29-19(26)14-7-5-9-16(11-14)30-20(21)22/h5-12,20H,3-4,13H2,1-2H3,(H,23,25). The highest BCUT2D eigenvalue weighted by molar-refractivity contribution is 7.89. The number of nitrogens with one attached hydrogen (secondary N) is 1. The number of nitrogens with zero attached hydrogens (tertiary/aromatic N) is 1. The van der Waals surface area contributed by atoms with E-state index in [0.29, 0.717) is 13.1 Å². The number of anilines is 1. The molecule has 0 unspecified atom stereocenters. The molecular formula is C20H22F2N2O6S. The van der Waals surface area contributed by atoms with Crippen molar-refractivity contribution in [2.75, 3.05) is 25.0 Å². The molecule has 0 saturated carbocycles. The number of ether oxygens (including phenoxy) is 2. The van der Waals surface area contributed by atoms with Crippen LogP contribution in [0.5, 0.6) is 5.75 Å². The first kappa shape index (κ1) is 24.2. The van der Waals surface area contributed by atoms with E-state index in [-0.39, 0.29) is 21.9 Å². The Balaban J connectivity index is 2.00. The van der Waals surface area contributed by atoms with E-state index < -0.39 is 35.1 Å². The molecule has 0 aliphatic rings. The average molecular weight is 456 g/mol. The molecular weight excluding hydrogens is 434 g/mol. The fourth-order valence-electron chi connectivity index (χ4n) is 2.66. The van der Waals surface area contributed by atoms with Gasteiger partial charge in [-0.1, -0.05) is 26.0 Å². The highest BCUT2D eigenvalue weighted by Crippen LogP contribution is 2.20. The first-order valence-electron chi connectivity index (χ1n) is 9.29. The molecule has 0 saturated heterocycles. The van der Waals surface area contributed by atoms with Gasteiger partial charge in [-0.15, -0.1) is 0 Å². The van der Waals surface area contributed by atoms with Crippen LogP contribution in [-0.4, -0.2) is 50.9 Å². The van der Waals surface area contributed by atoms with E-state index in [2.05, 4.69) is 10.1 Å². The van der Waals surface area contributed by atoms with Gasteiger partial charge in [-0.2, -0.15) is 13.1 Å². The summed E-state index contributed by atoms with van der Waals surface area (Å²) in [4.78, 5) is 24.1. The van der Waals surface area contributed by atoms with Crippen molar-refractivity contribution in [3.63, 3.8) is 0 Å². The zero-order chi connectivity index (χ0) is 23.0.